The van der Waals surface area contributed by atoms with E-state index in [-0.39, 0.29) is 5.91 Å². The second-order valence-electron chi connectivity index (χ2n) is 7.12. The smallest absolute Gasteiger partial charge is 0.236 e. The van der Waals surface area contributed by atoms with Crippen molar-refractivity contribution in [2.24, 2.45) is 0 Å². The lowest BCUT2D eigenvalue weighted by molar-refractivity contribution is -0.131. The van der Waals surface area contributed by atoms with E-state index in [1.54, 1.807) is 11.8 Å². The van der Waals surface area contributed by atoms with Gasteiger partial charge in [0.2, 0.25) is 5.91 Å². The summed E-state index contributed by atoms with van der Waals surface area (Å²) in [5, 5.41) is 0. The molecule has 1 amide bonds. The number of likely N-dealkylation sites (N-methyl/N-ethyl adjacent to an activating group) is 2. The van der Waals surface area contributed by atoms with Gasteiger partial charge in [0.15, 0.2) is 0 Å². The number of hydrogen-bond acceptors (Lipinski definition) is 3. The van der Waals surface area contributed by atoms with Crippen LogP contribution in [0.3, 0.4) is 0 Å². The number of nitrogens with zero attached hydrogens (tertiary/aromatic N) is 2. The fourth-order valence-electron chi connectivity index (χ4n) is 3.72. The van der Waals surface area contributed by atoms with E-state index in [2.05, 4.69) is 66.7 Å². The van der Waals surface area contributed by atoms with Gasteiger partial charge in [-0.15, -0.1) is 11.8 Å². The average molecular weight is 369 g/mol. The van der Waals surface area contributed by atoms with Crippen LogP contribution in [0.5, 0.6) is 0 Å². The van der Waals surface area contributed by atoms with Gasteiger partial charge in [0, 0.05) is 24.5 Å². The third-order valence-electron chi connectivity index (χ3n) is 5.26. The Bertz CT molecular complexity index is 744. The number of thioether (sulfide) groups is 1. The lowest BCUT2D eigenvalue weighted by Gasteiger charge is -2.33. The maximum Gasteiger partial charge on any atom is 0.236 e. The summed E-state index contributed by atoms with van der Waals surface area (Å²) in [6, 6.07) is 17.5. The van der Waals surface area contributed by atoms with E-state index in [0.29, 0.717) is 19.1 Å². The Morgan fingerprint density at radius 3 is 2.58 bits per heavy atom. The molecule has 0 saturated carbocycles. The van der Waals surface area contributed by atoms with Crippen molar-refractivity contribution in [1.82, 2.24) is 9.80 Å². The van der Waals surface area contributed by atoms with Gasteiger partial charge in [0.05, 0.1) is 6.54 Å². The van der Waals surface area contributed by atoms with Gasteiger partial charge < -0.3 is 4.90 Å². The molecule has 3 nitrogen and oxygen atoms in total. The number of aryl methyl sites for hydroxylation is 1. The number of hydrogen-bond donors (Lipinski definition) is 0. The molecule has 138 valence electrons. The summed E-state index contributed by atoms with van der Waals surface area (Å²) in [5.41, 5.74) is 4.00. The number of carbonyl (C=O) groups excluding carboxylic acids is 1. The molecule has 0 bridgehead atoms. The first-order chi connectivity index (χ1) is 12.6. The Hall–Kier alpha value is -1.78. The molecule has 0 aromatic heterocycles. The molecule has 0 saturated heterocycles. The summed E-state index contributed by atoms with van der Waals surface area (Å²) in [5.74, 6) is 0.171. The van der Waals surface area contributed by atoms with Crippen molar-refractivity contribution in [2.45, 2.75) is 36.7 Å². The summed E-state index contributed by atoms with van der Waals surface area (Å²) in [6.07, 6.45) is 5.54. The minimum atomic E-state index is 0.171. The van der Waals surface area contributed by atoms with E-state index >= 15 is 0 Å². The van der Waals surface area contributed by atoms with Crippen LogP contribution in [0, 0.1) is 0 Å². The molecule has 0 heterocycles. The van der Waals surface area contributed by atoms with Gasteiger partial charge in [0.25, 0.3) is 0 Å². The number of carbonyl (C=O) groups is 1. The standard InChI is InChI=1S/C22H28N2OS/c1-23(21-10-6-8-18-7-4-5-9-20(18)21)16-22(25)24(2)15-17-11-13-19(26-3)14-12-17/h4-5,7,9,11-14,21H,6,8,10,15-16H2,1-3H3/t21-/m1/s1. The van der Waals surface area contributed by atoms with Crippen molar-refractivity contribution in [3.63, 3.8) is 0 Å². The zero-order valence-electron chi connectivity index (χ0n) is 15.9. The largest absolute Gasteiger partial charge is 0.340 e. The molecule has 3 rings (SSSR count). The van der Waals surface area contributed by atoms with Crippen molar-refractivity contribution in [2.75, 3.05) is 26.9 Å². The number of fused-ring (bicyclic) bond motifs is 1. The molecule has 26 heavy (non-hydrogen) atoms. The first kappa shape index (κ1) is 19.0. The van der Waals surface area contributed by atoms with E-state index < -0.39 is 0 Å². The van der Waals surface area contributed by atoms with Gasteiger partial charge in [-0.2, -0.15) is 0 Å². The summed E-state index contributed by atoms with van der Waals surface area (Å²) in [4.78, 5) is 18.0. The molecular weight excluding hydrogens is 340 g/mol. The molecule has 1 aliphatic rings. The summed E-state index contributed by atoms with van der Waals surface area (Å²) in [6.45, 7) is 1.11. The van der Waals surface area contributed by atoms with Crippen LogP contribution in [0.4, 0.5) is 0 Å². The number of rotatable bonds is 6. The zero-order valence-corrected chi connectivity index (χ0v) is 16.8. The normalized spacial score (nSPS) is 16.4. The quantitative estimate of drug-likeness (QED) is 0.707. The number of amides is 1. The van der Waals surface area contributed by atoms with Crippen molar-refractivity contribution in [1.29, 1.82) is 0 Å². The van der Waals surface area contributed by atoms with Crippen LogP contribution >= 0.6 is 11.8 Å². The fourth-order valence-corrected chi connectivity index (χ4v) is 4.13. The van der Waals surface area contributed by atoms with E-state index in [1.807, 2.05) is 11.9 Å². The Morgan fingerprint density at radius 2 is 1.85 bits per heavy atom. The fraction of sp³-hybridized carbons (Fsp3) is 0.409. The van der Waals surface area contributed by atoms with Gasteiger partial charge in [-0.25, -0.2) is 0 Å². The van der Waals surface area contributed by atoms with Crippen LogP contribution in [0.25, 0.3) is 0 Å². The topological polar surface area (TPSA) is 23.6 Å². The molecule has 1 aliphatic carbocycles. The molecule has 0 aliphatic heterocycles. The maximum atomic E-state index is 12.7. The molecular formula is C22H28N2OS. The highest BCUT2D eigenvalue weighted by molar-refractivity contribution is 7.98. The highest BCUT2D eigenvalue weighted by Gasteiger charge is 2.25. The first-order valence-electron chi connectivity index (χ1n) is 9.23. The van der Waals surface area contributed by atoms with Gasteiger partial charge in [-0.1, -0.05) is 36.4 Å². The highest BCUT2D eigenvalue weighted by atomic mass is 32.2. The van der Waals surface area contributed by atoms with Crippen molar-refractivity contribution in [3.05, 3.63) is 65.2 Å². The first-order valence-corrected chi connectivity index (χ1v) is 10.5. The van der Waals surface area contributed by atoms with Crippen LogP contribution in [0.2, 0.25) is 0 Å². The van der Waals surface area contributed by atoms with E-state index in [9.17, 15) is 4.79 Å². The van der Waals surface area contributed by atoms with Gasteiger partial charge >= 0.3 is 0 Å². The van der Waals surface area contributed by atoms with Crippen LogP contribution < -0.4 is 0 Å². The predicted octanol–water partition coefficient (Wildman–Crippen LogP) is 4.38. The van der Waals surface area contributed by atoms with Gasteiger partial charge in [-0.05, 0) is 61.4 Å². The van der Waals surface area contributed by atoms with Crippen LogP contribution in [-0.2, 0) is 17.8 Å². The average Bonchev–Trinajstić information content (AvgIpc) is 2.68. The maximum absolute atomic E-state index is 12.7. The Kier molecular flexibility index (Phi) is 6.38. The summed E-state index contributed by atoms with van der Waals surface area (Å²) in [7, 11) is 3.97. The Labute approximate surface area is 161 Å². The summed E-state index contributed by atoms with van der Waals surface area (Å²) < 4.78 is 0. The molecule has 0 fully saturated rings. The molecule has 1 atom stereocenters. The number of benzene rings is 2. The second-order valence-corrected chi connectivity index (χ2v) is 8.00. The molecule has 0 radical (unpaired) electrons. The third-order valence-corrected chi connectivity index (χ3v) is 6.00. The molecule has 0 N–H and O–H groups in total. The molecule has 2 aromatic rings. The van der Waals surface area contributed by atoms with Gasteiger partial charge in [0.1, 0.15) is 0 Å². The van der Waals surface area contributed by atoms with Crippen molar-refractivity contribution >= 4 is 17.7 Å². The van der Waals surface area contributed by atoms with Crippen molar-refractivity contribution in [3.8, 4) is 0 Å². The molecule has 0 spiro atoms. The van der Waals surface area contributed by atoms with E-state index in [4.69, 9.17) is 0 Å². The van der Waals surface area contributed by atoms with Crippen LogP contribution in [0.1, 0.15) is 35.6 Å². The van der Waals surface area contributed by atoms with Crippen molar-refractivity contribution < 1.29 is 4.79 Å². The van der Waals surface area contributed by atoms with E-state index in [1.165, 1.54) is 28.0 Å². The minimum Gasteiger partial charge on any atom is -0.340 e. The predicted molar refractivity (Wildman–Crippen MR) is 109 cm³/mol. The lowest BCUT2D eigenvalue weighted by Crippen LogP contribution is -2.38. The Morgan fingerprint density at radius 1 is 1.12 bits per heavy atom. The summed E-state index contributed by atoms with van der Waals surface area (Å²) >= 11 is 1.73. The molecule has 2 aromatic carbocycles. The van der Waals surface area contributed by atoms with Crippen LogP contribution in [-0.4, -0.2) is 42.6 Å². The molecule has 4 heteroatoms. The second kappa shape index (κ2) is 8.74. The minimum absolute atomic E-state index is 0.171. The zero-order chi connectivity index (χ0) is 18.5. The Balaban J connectivity index is 1.60. The SMILES string of the molecule is CSc1ccc(CN(C)C(=O)CN(C)[C@@H]2CCCc3ccccc32)cc1. The monoisotopic (exact) mass is 368 g/mol. The van der Waals surface area contributed by atoms with E-state index in [0.717, 1.165) is 12.8 Å². The van der Waals surface area contributed by atoms with Gasteiger partial charge in [-0.3, -0.25) is 9.69 Å². The molecule has 0 unspecified atom stereocenters. The third kappa shape index (κ3) is 4.49. The lowest BCUT2D eigenvalue weighted by atomic mass is 9.87. The van der Waals surface area contributed by atoms with Crippen LogP contribution in [0.15, 0.2) is 53.4 Å². The highest BCUT2D eigenvalue weighted by Crippen LogP contribution is 2.33.